The van der Waals surface area contributed by atoms with E-state index in [2.05, 4.69) is 20.1 Å². The van der Waals surface area contributed by atoms with Gasteiger partial charge in [0.05, 0.1) is 6.10 Å². The van der Waals surface area contributed by atoms with Crippen molar-refractivity contribution < 1.29 is 9.13 Å². The van der Waals surface area contributed by atoms with Crippen LogP contribution in [0.15, 0.2) is 29.3 Å². The maximum absolute atomic E-state index is 13.1. The van der Waals surface area contributed by atoms with Gasteiger partial charge in [-0.25, -0.2) is 4.39 Å². The van der Waals surface area contributed by atoms with Crippen LogP contribution in [-0.2, 0) is 4.74 Å². The van der Waals surface area contributed by atoms with Crippen LogP contribution in [0.5, 0.6) is 0 Å². The van der Waals surface area contributed by atoms with Crippen molar-refractivity contribution in [2.45, 2.75) is 31.8 Å². The number of rotatable bonds is 6. The summed E-state index contributed by atoms with van der Waals surface area (Å²) in [6, 6.07) is 6.50. The zero-order valence-corrected chi connectivity index (χ0v) is 19.4. The van der Waals surface area contributed by atoms with E-state index in [1.54, 1.807) is 19.2 Å². The zero-order chi connectivity index (χ0) is 19.1. The van der Waals surface area contributed by atoms with Crippen LogP contribution in [0.4, 0.5) is 4.39 Å². The van der Waals surface area contributed by atoms with Gasteiger partial charge in [-0.2, -0.15) is 0 Å². The lowest BCUT2D eigenvalue weighted by molar-refractivity contribution is 0.106. The molecule has 2 unspecified atom stereocenters. The first-order valence-corrected chi connectivity index (χ1v) is 10.2. The summed E-state index contributed by atoms with van der Waals surface area (Å²) in [4.78, 5) is 9.45. The van der Waals surface area contributed by atoms with Gasteiger partial charge in [0.2, 0.25) is 0 Å². The van der Waals surface area contributed by atoms with Crippen LogP contribution in [0.2, 0.25) is 0 Å². The number of nitrogens with zero attached hydrogens (tertiary/aromatic N) is 3. The highest BCUT2D eigenvalue weighted by Crippen LogP contribution is 2.21. The Morgan fingerprint density at radius 3 is 2.57 bits per heavy atom. The van der Waals surface area contributed by atoms with Crippen molar-refractivity contribution in [3.8, 4) is 0 Å². The Kier molecular flexibility index (Phi) is 9.94. The molecule has 0 aromatic heterocycles. The summed E-state index contributed by atoms with van der Waals surface area (Å²) in [6.07, 6.45) is 5.18. The van der Waals surface area contributed by atoms with Crippen LogP contribution < -0.4 is 5.32 Å². The molecule has 0 spiro atoms. The Morgan fingerprint density at radius 2 is 1.93 bits per heavy atom. The quantitative estimate of drug-likeness (QED) is 0.366. The Bertz CT molecular complexity index is 607. The lowest BCUT2D eigenvalue weighted by Crippen LogP contribution is -2.42. The van der Waals surface area contributed by atoms with Gasteiger partial charge in [0, 0.05) is 40.3 Å². The second-order valence-electron chi connectivity index (χ2n) is 7.67. The Morgan fingerprint density at radius 1 is 1.21 bits per heavy atom. The molecule has 2 heterocycles. The minimum absolute atomic E-state index is 0. The summed E-state index contributed by atoms with van der Waals surface area (Å²) in [6.45, 7) is 6.45. The average Bonchev–Trinajstić information content (AvgIpc) is 3.15. The van der Waals surface area contributed by atoms with Crippen LogP contribution in [0.25, 0.3) is 0 Å². The molecule has 0 saturated carbocycles. The number of likely N-dealkylation sites (tertiary alicyclic amines) is 2. The minimum atomic E-state index is -0.228. The monoisotopic (exact) mass is 504 g/mol. The van der Waals surface area contributed by atoms with Crippen molar-refractivity contribution in [2.75, 3.05) is 53.4 Å². The van der Waals surface area contributed by atoms with Gasteiger partial charge in [0.15, 0.2) is 5.96 Å². The van der Waals surface area contributed by atoms with E-state index in [9.17, 15) is 4.39 Å². The van der Waals surface area contributed by atoms with E-state index in [1.807, 2.05) is 7.05 Å². The number of hydrogen-bond donors (Lipinski definition) is 1. The average molecular weight is 504 g/mol. The lowest BCUT2D eigenvalue weighted by Gasteiger charge is -2.29. The van der Waals surface area contributed by atoms with E-state index in [4.69, 9.17) is 4.74 Å². The van der Waals surface area contributed by atoms with Gasteiger partial charge in [0.25, 0.3) is 0 Å². The number of hydrogen-bond acceptors (Lipinski definition) is 3. The molecule has 2 saturated heterocycles. The molecule has 1 aromatic rings. The molecule has 0 radical (unpaired) electrons. The summed E-state index contributed by atoms with van der Waals surface area (Å²) < 4.78 is 18.7. The molecule has 28 heavy (non-hydrogen) atoms. The van der Waals surface area contributed by atoms with Crippen LogP contribution in [0.3, 0.4) is 0 Å². The fourth-order valence-electron chi connectivity index (χ4n) is 4.21. The van der Waals surface area contributed by atoms with E-state index in [0.717, 1.165) is 30.5 Å². The molecule has 158 valence electrons. The number of ether oxygens (including phenoxy) is 1. The first kappa shape index (κ1) is 23.3. The van der Waals surface area contributed by atoms with E-state index in [1.165, 1.54) is 57.5 Å². The Hall–Kier alpha value is -0.930. The molecule has 2 aliphatic heterocycles. The second kappa shape index (κ2) is 11.9. The van der Waals surface area contributed by atoms with Gasteiger partial charge in [-0.05, 0) is 56.0 Å². The third-order valence-corrected chi connectivity index (χ3v) is 5.73. The molecule has 0 amide bonds. The molecular formula is C21H34FIN4O. The number of guanidine groups is 1. The fourth-order valence-corrected chi connectivity index (χ4v) is 4.21. The van der Waals surface area contributed by atoms with Gasteiger partial charge >= 0.3 is 0 Å². The van der Waals surface area contributed by atoms with Crippen molar-refractivity contribution in [3.05, 3.63) is 35.6 Å². The first-order valence-electron chi connectivity index (χ1n) is 10.2. The van der Waals surface area contributed by atoms with Crippen molar-refractivity contribution in [1.82, 2.24) is 15.1 Å². The third kappa shape index (κ3) is 6.56. The molecule has 2 atom stereocenters. The van der Waals surface area contributed by atoms with E-state index in [0.29, 0.717) is 6.54 Å². The highest BCUT2D eigenvalue weighted by molar-refractivity contribution is 14.0. The van der Waals surface area contributed by atoms with Gasteiger partial charge in [-0.1, -0.05) is 18.6 Å². The molecule has 5 nitrogen and oxygen atoms in total. The number of aliphatic imine (C=N–C) groups is 1. The van der Waals surface area contributed by atoms with E-state index >= 15 is 0 Å². The molecule has 0 bridgehead atoms. The highest BCUT2D eigenvalue weighted by atomic mass is 127. The molecule has 7 heteroatoms. The summed E-state index contributed by atoms with van der Waals surface area (Å²) in [7, 11) is 3.52. The number of nitrogens with one attached hydrogen (secondary N) is 1. The molecule has 2 aliphatic rings. The predicted octanol–water partition coefficient (Wildman–Crippen LogP) is 3.51. The summed E-state index contributed by atoms with van der Waals surface area (Å²) >= 11 is 0. The summed E-state index contributed by atoms with van der Waals surface area (Å²) in [5.41, 5.74) is 0.964. The molecule has 0 aliphatic carbocycles. The largest absolute Gasteiger partial charge is 0.375 e. The first-order chi connectivity index (χ1) is 13.2. The van der Waals surface area contributed by atoms with Crippen molar-refractivity contribution in [2.24, 2.45) is 10.9 Å². The van der Waals surface area contributed by atoms with Crippen LogP contribution in [-0.4, -0.2) is 69.2 Å². The number of benzene rings is 1. The predicted molar refractivity (Wildman–Crippen MR) is 123 cm³/mol. The van der Waals surface area contributed by atoms with Crippen LogP contribution in [0.1, 0.15) is 37.4 Å². The molecule has 3 rings (SSSR count). The van der Waals surface area contributed by atoms with Crippen molar-refractivity contribution >= 4 is 29.9 Å². The molecular weight excluding hydrogens is 470 g/mol. The smallest absolute Gasteiger partial charge is 0.193 e. The Balaban J connectivity index is 0.00000280. The van der Waals surface area contributed by atoms with Crippen molar-refractivity contribution in [3.63, 3.8) is 0 Å². The SMILES string of the molecule is CN=C(NCC(OC)c1ccc(F)cc1)N1CCC(CN2CCCCC2)C1.I. The topological polar surface area (TPSA) is 40.1 Å². The Labute approximate surface area is 185 Å². The zero-order valence-electron chi connectivity index (χ0n) is 17.1. The van der Waals surface area contributed by atoms with Crippen molar-refractivity contribution in [1.29, 1.82) is 0 Å². The van der Waals surface area contributed by atoms with Crippen LogP contribution in [0, 0.1) is 11.7 Å². The fraction of sp³-hybridized carbons (Fsp3) is 0.667. The van der Waals surface area contributed by atoms with Gasteiger partial charge < -0.3 is 19.9 Å². The van der Waals surface area contributed by atoms with Gasteiger partial charge in [-0.15, -0.1) is 24.0 Å². The minimum Gasteiger partial charge on any atom is -0.375 e. The maximum Gasteiger partial charge on any atom is 0.193 e. The van der Waals surface area contributed by atoms with Gasteiger partial charge in [0.1, 0.15) is 5.82 Å². The number of methoxy groups -OCH3 is 1. The molecule has 1 N–H and O–H groups in total. The van der Waals surface area contributed by atoms with E-state index in [-0.39, 0.29) is 35.9 Å². The summed E-state index contributed by atoms with van der Waals surface area (Å²) in [5, 5.41) is 3.44. The van der Waals surface area contributed by atoms with Crippen LogP contribution >= 0.6 is 24.0 Å². The number of piperidine rings is 1. The normalized spacial score (nSPS) is 22.0. The third-order valence-electron chi connectivity index (χ3n) is 5.73. The standard InChI is InChI=1S/C21H33FN4O.HI/c1-23-21(24-14-20(27-2)18-6-8-19(22)9-7-18)26-13-10-17(16-26)15-25-11-4-3-5-12-25;/h6-9,17,20H,3-5,10-16H2,1-2H3,(H,23,24);1H. The molecule has 1 aromatic carbocycles. The summed E-state index contributed by atoms with van der Waals surface area (Å²) in [5.74, 6) is 1.42. The van der Waals surface area contributed by atoms with E-state index < -0.39 is 0 Å². The lowest BCUT2D eigenvalue weighted by atomic mass is 10.1. The molecule has 2 fully saturated rings. The highest BCUT2D eigenvalue weighted by Gasteiger charge is 2.27. The van der Waals surface area contributed by atoms with Gasteiger partial charge in [-0.3, -0.25) is 4.99 Å². The maximum atomic E-state index is 13.1. The number of halogens is 2. The second-order valence-corrected chi connectivity index (χ2v) is 7.67.